The Labute approximate surface area is 113 Å². The highest BCUT2D eigenvalue weighted by Crippen LogP contribution is 2.35. The molecule has 5 heteroatoms. The van der Waals surface area contributed by atoms with Gasteiger partial charge in [0.05, 0.1) is 17.4 Å². The summed E-state index contributed by atoms with van der Waals surface area (Å²) in [4.78, 5) is 15.4. The number of amides is 1. The molecule has 0 aromatic carbocycles. The predicted molar refractivity (Wildman–Crippen MR) is 76.8 cm³/mol. The van der Waals surface area contributed by atoms with Crippen molar-refractivity contribution in [1.29, 1.82) is 0 Å². The Hall–Kier alpha value is -1.78. The van der Waals surface area contributed by atoms with Crippen molar-refractivity contribution in [3.05, 3.63) is 17.8 Å². The summed E-state index contributed by atoms with van der Waals surface area (Å²) >= 11 is 0. The summed E-state index contributed by atoms with van der Waals surface area (Å²) in [6.45, 7) is 3.16. The number of hydrogen-bond donors (Lipinski definition) is 3. The second-order valence-electron chi connectivity index (χ2n) is 5.75. The van der Waals surface area contributed by atoms with E-state index in [1.807, 2.05) is 0 Å². The number of carbonyl (C=O) groups excluding carboxylic acids is 1. The van der Waals surface area contributed by atoms with Crippen LogP contribution in [0.4, 0.5) is 11.5 Å². The van der Waals surface area contributed by atoms with Gasteiger partial charge in [0.15, 0.2) is 0 Å². The summed E-state index contributed by atoms with van der Waals surface area (Å²) in [6, 6.07) is 1.63. The number of anilines is 2. The molecule has 1 saturated carbocycles. The largest absolute Gasteiger partial charge is 0.397 e. The van der Waals surface area contributed by atoms with Crippen molar-refractivity contribution < 1.29 is 4.79 Å². The van der Waals surface area contributed by atoms with E-state index in [-0.39, 0.29) is 0 Å². The van der Waals surface area contributed by atoms with Crippen LogP contribution in [0.25, 0.3) is 0 Å². The quantitative estimate of drug-likeness (QED) is 0.775. The molecule has 19 heavy (non-hydrogen) atoms. The van der Waals surface area contributed by atoms with Crippen LogP contribution < -0.4 is 16.8 Å². The molecule has 0 spiro atoms. The molecule has 1 aromatic rings. The summed E-state index contributed by atoms with van der Waals surface area (Å²) in [7, 11) is 0. The zero-order chi connectivity index (χ0) is 13.9. The number of nitrogens with one attached hydrogen (secondary N) is 1. The topological polar surface area (TPSA) is 94.0 Å². The Kier molecular flexibility index (Phi) is 3.93. The molecule has 1 fully saturated rings. The second kappa shape index (κ2) is 5.47. The molecule has 0 bridgehead atoms. The molecule has 0 atom stereocenters. The smallest absolute Gasteiger partial charge is 0.250 e. The molecule has 0 aliphatic heterocycles. The summed E-state index contributed by atoms with van der Waals surface area (Å²) in [6.07, 6.45) is 7.86. The number of hydrogen-bond acceptors (Lipinski definition) is 4. The van der Waals surface area contributed by atoms with Crippen molar-refractivity contribution in [3.63, 3.8) is 0 Å². The van der Waals surface area contributed by atoms with E-state index in [0.717, 1.165) is 6.54 Å². The molecule has 1 amide bonds. The number of carbonyl (C=O) groups is 1. The third-order valence-corrected chi connectivity index (χ3v) is 3.96. The molecule has 1 aliphatic carbocycles. The van der Waals surface area contributed by atoms with Crippen molar-refractivity contribution in [3.8, 4) is 0 Å². The van der Waals surface area contributed by atoms with Gasteiger partial charge in [-0.3, -0.25) is 4.79 Å². The lowest BCUT2D eigenvalue weighted by Gasteiger charge is -2.33. The lowest BCUT2D eigenvalue weighted by molar-refractivity contribution is 0.100. The van der Waals surface area contributed by atoms with Crippen molar-refractivity contribution in [1.82, 2.24) is 4.98 Å². The van der Waals surface area contributed by atoms with Crippen LogP contribution in [0.1, 0.15) is 49.4 Å². The van der Waals surface area contributed by atoms with E-state index in [4.69, 9.17) is 11.5 Å². The van der Waals surface area contributed by atoms with Crippen LogP contribution >= 0.6 is 0 Å². The number of nitrogens with two attached hydrogens (primary N) is 2. The standard InChI is InChI=1S/C14H22N4O/c1-14(5-3-2-4-6-14)9-18-12-7-10(13(16)19)11(15)8-17-12/h7-8H,2-6,9,15H2,1H3,(H2,16,19)(H,17,18). The van der Waals surface area contributed by atoms with Crippen LogP contribution in [-0.4, -0.2) is 17.4 Å². The highest BCUT2D eigenvalue weighted by molar-refractivity contribution is 5.98. The Morgan fingerprint density at radius 2 is 2.11 bits per heavy atom. The fraction of sp³-hybridized carbons (Fsp3) is 0.571. The Balaban J connectivity index is 2.03. The van der Waals surface area contributed by atoms with Crippen LogP contribution in [0.2, 0.25) is 0 Å². The number of nitrogen functional groups attached to an aromatic ring is 1. The first-order chi connectivity index (χ1) is 9.00. The molecule has 5 nitrogen and oxygen atoms in total. The molecule has 5 N–H and O–H groups in total. The van der Waals surface area contributed by atoms with Gasteiger partial charge < -0.3 is 16.8 Å². The predicted octanol–water partition coefficient (Wildman–Crippen LogP) is 2.14. The molecule has 1 heterocycles. The average molecular weight is 262 g/mol. The Morgan fingerprint density at radius 3 is 2.74 bits per heavy atom. The highest BCUT2D eigenvalue weighted by Gasteiger charge is 2.26. The van der Waals surface area contributed by atoms with Crippen molar-refractivity contribution in [2.24, 2.45) is 11.1 Å². The van der Waals surface area contributed by atoms with E-state index >= 15 is 0 Å². The maximum Gasteiger partial charge on any atom is 0.250 e. The molecule has 104 valence electrons. The van der Waals surface area contributed by atoms with Gasteiger partial charge in [-0.1, -0.05) is 26.2 Å². The van der Waals surface area contributed by atoms with Gasteiger partial charge in [-0.25, -0.2) is 4.98 Å². The molecule has 2 rings (SSSR count). The summed E-state index contributed by atoms with van der Waals surface area (Å²) in [5.41, 5.74) is 11.9. The lowest BCUT2D eigenvalue weighted by Crippen LogP contribution is -2.29. The minimum absolute atomic E-state index is 0.314. The zero-order valence-electron chi connectivity index (χ0n) is 11.4. The third-order valence-electron chi connectivity index (χ3n) is 3.96. The molecule has 0 saturated heterocycles. The van der Waals surface area contributed by atoms with Crippen LogP contribution in [0.5, 0.6) is 0 Å². The van der Waals surface area contributed by atoms with Gasteiger partial charge in [0, 0.05) is 6.54 Å². The number of pyridine rings is 1. The van der Waals surface area contributed by atoms with Gasteiger partial charge >= 0.3 is 0 Å². The van der Waals surface area contributed by atoms with Crippen LogP contribution in [0, 0.1) is 5.41 Å². The number of aromatic nitrogens is 1. The minimum atomic E-state index is -0.521. The molecule has 1 aromatic heterocycles. The highest BCUT2D eigenvalue weighted by atomic mass is 16.1. The first-order valence-corrected chi connectivity index (χ1v) is 6.79. The zero-order valence-corrected chi connectivity index (χ0v) is 11.4. The van der Waals surface area contributed by atoms with Gasteiger partial charge in [-0.2, -0.15) is 0 Å². The maximum atomic E-state index is 11.2. The van der Waals surface area contributed by atoms with Crippen molar-refractivity contribution in [2.75, 3.05) is 17.6 Å². The van der Waals surface area contributed by atoms with Crippen LogP contribution in [0.15, 0.2) is 12.3 Å². The molecule has 1 aliphatic rings. The maximum absolute atomic E-state index is 11.2. The fourth-order valence-electron chi connectivity index (χ4n) is 2.66. The van der Waals surface area contributed by atoms with Crippen LogP contribution in [0.3, 0.4) is 0 Å². The van der Waals surface area contributed by atoms with Gasteiger partial charge in [-0.05, 0) is 24.3 Å². The van der Waals surface area contributed by atoms with Gasteiger partial charge in [0.2, 0.25) is 0 Å². The number of rotatable bonds is 4. The number of nitrogens with zero attached hydrogens (tertiary/aromatic N) is 1. The van der Waals surface area contributed by atoms with Crippen molar-refractivity contribution >= 4 is 17.4 Å². The first-order valence-electron chi connectivity index (χ1n) is 6.79. The first kappa shape index (κ1) is 13.6. The second-order valence-corrected chi connectivity index (χ2v) is 5.75. The molecule has 0 radical (unpaired) electrons. The average Bonchev–Trinajstić information content (AvgIpc) is 2.38. The SMILES string of the molecule is CC1(CNc2cc(C(N)=O)c(N)cn2)CCCCC1. The molecule has 0 unspecified atom stereocenters. The van der Waals surface area contributed by atoms with Gasteiger partial charge in [-0.15, -0.1) is 0 Å². The van der Waals surface area contributed by atoms with Crippen LogP contribution in [-0.2, 0) is 0 Å². The van der Waals surface area contributed by atoms with Crippen molar-refractivity contribution in [2.45, 2.75) is 39.0 Å². The Morgan fingerprint density at radius 1 is 1.42 bits per heavy atom. The monoisotopic (exact) mass is 262 g/mol. The fourth-order valence-corrected chi connectivity index (χ4v) is 2.66. The minimum Gasteiger partial charge on any atom is -0.397 e. The Bertz CT molecular complexity index is 467. The van der Waals surface area contributed by atoms with E-state index in [2.05, 4.69) is 17.2 Å². The third kappa shape index (κ3) is 3.36. The van der Waals surface area contributed by atoms with E-state index in [1.54, 1.807) is 6.07 Å². The van der Waals surface area contributed by atoms with E-state index < -0.39 is 5.91 Å². The summed E-state index contributed by atoms with van der Waals surface area (Å²) in [5, 5.41) is 3.30. The summed E-state index contributed by atoms with van der Waals surface area (Å²) < 4.78 is 0. The molecular formula is C14H22N4O. The van der Waals surface area contributed by atoms with Gasteiger partial charge in [0.25, 0.3) is 5.91 Å². The lowest BCUT2D eigenvalue weighted by atomic mass is 9.76. The summed E-state index contributed by atoms with van der Waals surface area (Å²) in [5.74, 6) is 0.140. The van der Waals surface area contributed by atoms with E-state index in [1.165, 1.54) is 38.3 Å². The van der Waals surface area contributed by atoms with E-state index in [0.29, 0.717) is 22.5 Å². The molecular weight excluding hydrogens is 240 g/mol. The van der Waals surface area contributed by atoms with Gasteiger partial charge in [0.1, 0.15) is 5.82 Å². The number of primary amides is 1. The normalized spacial score (nSPS) is 17.9. The van der Waals surface area contributed by atoms with E-state index in [9.17, 15) is 4.79 Å².